The number of aromatic nitrogens is 5. The van der Waals surface area contributed by atoms with E-state index in [0.717, 1.165) is 21.1 Å². The fourth-order valence-electron chi connectivity index (χ4n) is 2.50. The predicted octanol–water partition coefficient (Wildman–Crippen LogP) is 4.06. The smallest absolute Gasteiger partial charge is 0.200 e. The second kappa shape index (κ2) is 6.16. The van der Waals surface area contributed by atoms with Crippen LogP contribution in [0.4, 0.5) is 0 Å². The third-order valence-electron chi connectivity index (χ3n) is 3.90. The molecule has 7 nitrogen and oxygen atoms in total. The molecule has 1 aliphatic carbocycles. The lowest BCUT2D eigenvalue weighted by molar-refractivity contribution is 0.482. The van der Waals surface area contributed by atoms with Gasteiger partial charge in [0.15, 0.2) is 15.3 Å². The van der Waals surface area contributed by atoms with Crippen LogP contribution < -0.4 is 0 Å². The Morgan fingerprint density at radius 3 is 2.80 bits per heavy atom. The first kappa shape index (κ1) is 14.9. The van der Waals surface area contributed by atoms with Crippen molar-refractivity contribution in [2.75, 3.05) is 0 Å². The summed E-state index contributed by atoms with van der Waals surface area (Å²) in [6.45, 7) is 0.520. The summed E-state index contributed by atoms with van der Waals surface area (Å²) in [7, 11) is 0. The van der Waals surface area contributed by atoms with Crippen molar-refractivity contribution in [3.63, 3.8) is 0 Å². The maximum Gasteiger partial charge on any atom is 0.200 e. The molecule has 25 heavy (non-hydrogen) atoms. The van der Waals surface area contributed by atoms with Crippen molar-refractivity contribution in [2.24, 2.45) is 0 Å². The Kier molecular flexibility index (Phi) is 3.67. The van der Waals surface area contributed by atoms with Gasteiger partial charge < -0.3 is 8.83 Å². The van der Waals surface area contributed by atoms with Gasteiger partial charge in [0.05, 0.1) is 19.1 Å². The number of hydrogen-bond donors (Lipinski definition) is 0. The molecule has 0 spiro atoms. The first-order chi connectivity index (χ1) is 12.4. The van der Waals surface area contributed by atoms with Gasteiger partial charge >= 0.3 is 0 Å². The predicted molar refractivity (Wildman–Crippen MR) is 91.5 cm³/mol. The van der Waals surface area contributed by atoms with Crippen LogP contribution in [-0.2, 0) is 6.54 Å². The molecule has 4 heterocycles. The van der Waals surface area contributed by atoms with Crippen molar-refractivity contribution in [3.05, 3.63) is 48.4 Å². The van der Waals surface area contributed by atoms with Crippen molar-refractivity contribution in [3.8, 4) is 11.6 Å². The minimum absolute atomic E-state index is 0.520. The molecule has 126 valence electrons. The highest BCUT2D eigenvalue weighted by atomic mass is 32.2. The molecule has 1 saturated carbocycles. The van der Waals surface area contributed by atoms with Gasteiger partial charge in [0.25, 0.3) is 0 Å². The largest absolute Gasteiger partial charge is 0.467 e. The van der Waals surface area contributed by atoms with E-state index in [1.54, 1.807) is 12.5 Å². The van der Waals surface area contributed by atoms with Crippen molar-refractivity contribution in [1.82, 2.24) is 24.1 Å². The lowest BCUT2D eigenvalue weighted by atomic mass is 10.4. The van der Waals surface area contributed by atoms with E-state index < -0.39 is 0 Å². The molecule has 9 heteroatoms. The molecule has 0 unspecified atom stereocenters. The van der Waals surface area contributed by atoms with Crippen molar-refractivity contribution < 1.29 is 8.83 Å². The summed E-state index contributed by atoms with van der Waals surface area (Å²) < 4.78 is 18.3. The molecule has 0 aromatic carbocycles. The fourth-order valence-corrected chi connectivity index (χ4v) is 4.12. The number of hydrogen-bond acceptors (Lipinski definition) is 8. The van der Waals surface area contributed by atoms with Gasteiger partial charge in [-0.1, -0.05) is 0 Å². The van der Waals surface area contributed by atoms with Crippen LogP contribution in [0.2, 0.25) is 0 Å². The summed E-state index contributed by atoms with van der Waals surface area (Å²) >= 11 is 2.88. The third kappa shape index (κ3) is 3.00. The topological polar surface area (TPSA) is 82.8 Å². The molecule has 0 aliphatic heterocycles. The second-order valence-corrected chi connectivity index (χ2v) is 7.71. The molecule has 4 aromatic rings. The van der Waals surface area contributed by atoms with Crippen LogP contribution in [0.1, 0.15) is 30.3 Å². The van der Waals surface area contributed by atoms with Gasteiger partial charge in [-0.05, 0) is 60.4 Å². The van der Waals surface area contributed by atoms with E-state index in [0.29, 0.717) is 24.0 Å². The van der Waals surface area contributed by atoms with E-state index in [9.17, 15) is 0 Å². The molecular formula is C16H13N5O2S2. The highest BCUT2D eigenvalue weighted by Gasteiger charge is 2.28. The SMILES string of the molecule is c1coc(Cn2c(Sc3nc(C4CC4)ns3)nnc2-c2ccco2)c1. The van der Waals surface area contributed by atoms with Crippen molar-refractivity contribution in [2.45, 2.75) is 34.8 Å². The van der Waals surface area contributed by atoms with E-state index >= 15 is 0 Å². The van der Waals surface area contributed by atoms with Crippen LogP contribution in [0.3, 0.4) is 0 Å². The Hall–Kier alpha value is -2.39. The highest BCUT2D eigenvalue weighted by molar-refractivity contribution is 8.00. The zero-order chi connectivity index (χ0) is 16.6. The number of nitrogens with zero attached hydrogens (tertiary/aromatic N) is 5. The Labute approximate surface area is 151 Å². The highest BCUT2D eigenvalue weighted by Crippen LogP contribution is 2.40. The van der Waals surface area contributed by atoms with Crippen molar-refractivity contribution >= 4 is 23.3 Å². The summed E-state index contributed by atoms with van der Waals surface area (Å²) in [6, 6.07) is 7.50. The number of rotatable bonds is 6. The van der Waals surface area contributed by atoms with Gasteiger partial charge in [-0.15, -0.1) is 10.2 Å². The molecular weight excluding hydrogens is 358 g/mol. The molecule has 1 fully saturated rings. The maximum absolute atomic E-state index is 5.50. The Morgan fingerprint density at radius 1 is 1.16 bits per heavy atom. The first-order valence-corrected chi connectivity index (χ1v) is 9.47. The van der Waals surface area contributed by atoms with Crippen LogP contribution in [0, 0.1) is 0 Å². The maximum atomic E-state index is 5.50. The average molecular weight is 371 g/mol. The van der Waals surface area contributed by atoms with Crippen LogP contribution >= 0.6 is 23.3 Å². The molecule has 0 saturated heterocycles. The van der Waals surface area contributed by atoms with E-state index in [1.165, 1.54) is 36.1 Å². The monoisotopic (exact) mass is 371 g/mol. The Bertz CT molecular complexity index is 970. The lowest BCUT2D eigenvalue weighted by Gasteiger charge is -2.06. The quantitative estimate of drug-likeness (QED) is 0.505. The zero-order valence-corrected chi connectivity index (χ0v) is 14.7. The minimum Gasteiger partial charge on any atom is -0.467 e. The van der Waals surface area contributed by atoms with Gasteiger partial charge in [0, 0.05) is 5.92 Å². The average Bonchev–Trinajstić information content (AvgIpc) is 3.12. The summed E-state index contributed by atoms with van der Waals surface area (Å²) in [5, 5.41) is 9.37. The first-order valence-electron chi connectivity index (χ1n) is 7.88. The number of furan rings is 2. The molecule has 0 atom stereocenters. The van der Waals surface area contributed by atoms with Gasteiger partial charge in [0.1, 0.15) is 11.6 Å². The van der Waals surface area contributed by atoms with Crippen LogP contribution in [0.15, 0.2) is 55.1 Å². The zero-order valence-electron chi connectivity index (χ0n) is 13.0. The van der Waals surface area contributed by atoms with Crippen LogP contribution in [-0.4, -0.2) is 24.1 Å². The van der Waals surface area contributed by atoms with Gasteiger partial charge in [-0.25, -0.2) is 4.98 Å². The normalized spacial score (nSPS) is 14.2. The van der Waals surface area contributed by atoms with Crippen LogP contribution in [0.25, 0.3) is 11.6 Å². The second-order valence-electron chi connectivity index (χ2n) is 5.74. The molecule has 0 N–H and O–H groups in total. The molecule has 4 aromatic heterocycles. The van der Waals surface area contributed by atoms with Gasteiger partial charge in [-0.2, -0.15) is 4.37 Å². The molecule has 0 amide bonds. The molecule has 1 aliphatic rings. The van der Waals surface area contributed by atoms with Crippen LogP contribution in [0.5, 0.6) is 0 Å². The Balaban J connectivity index is 1.49. The van der Waals surface area contributed by atoms with Gasteiger partial charge in [0.2, 0.25) is 5.82 Å². The Morgan fingerprint density at radius 2 is 2.04 bits per heavy atom. The molecule has 5 rings (SSSR count). The van der Waals surface area contributed by atoms with Gasteiger partial charge in [-0.3, -0.25) is 4.57 Å². The standard InChI is InChI=1S/C16H13N5O2S2/c1-3-11(22-7-1)9-21-14(12-4-2-8-23-12)18-19-15(21)24-16-17-13(20-25-16)10-5-6-10/h1-4,7-8,10H,5-6,9H2. The lowest BCUT2D eigenvalue weighted by Crippen LogP contribution is -2.02. The fraction of sp³-hybridized carbons (Fsp3) is 0.250. The summed E-state index contributed by atoms with van der Waals surface area (Å²) in [5.74, 6) is 3.66. The van der Waals surface area contributed by atoms with E-state index in [-0.39, 0.29) is 0 Å². The summed E-state index contributed by atoms with van der Waals surface area (Å²) in [4.78, 5) is 4.62. The molecule has 0 bridgehead atoms. The van der Waals surface area contributed by atoms with Crippen molar-refractivity contribution in [1.29, 1.82) is 0 Å². The minimum atomic E-state index is 0.520. The molecule has 0 radical (unpaired) electrons. The summed E-state index contributed by atoms with van der Waals surface area (Å²) in [5.41, 5.74) is 0. The summed E-state index contributed by atoms with van der Waals surface area (Å²) in [6.07, 6.45) is 5.67. The third-order valence-corrected chi connectivity index (χ3v) is 5.65. The van der Waals surface area contributed by atoms with E-state index in [4.69, 9.17) is 8.83 Å². The van der Waals surface area contributed by atoms with E-state index in [2.05, 4.69) is 19.6 Å². The van der Waals surface area contributed by atoms with E-state index in [1.807, 2.05) is 28.8 Å².